The second-order valence-corrected chi connectivity index (χ2v) is 5.49. The van der Waals surface area contributed by atoms with Crippen LogP contribution in [-0.2, 0) is 13.7 Å². The fourth-order valence-electron chi connectivity index (χ4n) is 2.17. The molecule has 1 amide bonds. The number of pyridine rings is 2. The quantitative estimate of drug-likeness (QED) is 0.778. The summed E-state index contributed by atoms with van der Waals surface area (Å²) < 4.78 is 7.09. The predicted octanol–water partition coefficient (Wildman–Crippen LogP) is 2.61. The second-order valence-electron chi connectivity index (χ2n) is 5.49. The van der Waals surface area contributed by atoms with E-state index in [1.807, 2.05) is 12.1 Å². The van der Waals surface area contributed by atoms with Crippen molar-refractivity contribution >= 4 is 11.6 Å². The van der Waals surface area contributed by atoms with Crippen molar-refractivity contribution in [2.45, 2.75) is 6.61 Å². The van der Waals surface area contributed by atoms with E-state index >= 15 is 0 Å². The zero-order chi connectivity index (χ0) is 17.6. The molecule has 0 aliphatic rings. The van der Waals surface area contributed by atoms with Crippen molar-refractivity contribution in [2.24, 2.45) is 7.05 Å². The lowest BCUT2D eigenvalue weighted by molar-refractivity contribution is 0.102. The van der Waals surface area contributed by atoms with E-state index in [1.54, 1.807) is 56.0 Å². The Morgan fingerprint density at radius 3 is 2.52 bits per heavy atom. The summed E-state index contributed by atoms with van der Waals surface area (Å²) in [6.07, 6.45) is 5.00. The van der Waals surface area contributed by atoms with Crippen molar-refractivity contribution in [2.75, 3.05) is 5.32 Å². The third-order valence-electron chi connectivity index (χ3n) is 3.63. The number of rotatable bonds is 5. The number of hydrogen-bond donors (Lipinski definition) is 1. The number of ether oxygens (including phenoxy) is 1. The highest BCUT2D eigenvalue weighted by atomic mass is 16.5. The van der Waals surface area contributed by atoms with Crippen LogP contribution in [0.15, 0.2) is 71.9 Å². The molecule has 0 aliphatic carbocycles. The molecule has 0 unspecified atom stereocenters. The maximum Gasteiger partial charge on any atom is 0.255 e. The molecule has 126 valence electrons. The Labute approximate surface area is 144 Å². The molecule has 0 bridgehead atoms. The summed E-state index contributed by atoms with van der Waals surface area (Å²) in [5, 5.41) is 2.75. The van der Waals surface area contributed by atoms with Crippen molar-refractivity contribution in [3.05, 3.63) is 88.6 Å². The van der Waals surface area contributed by atoms with Crippen molar-refractivity contribution < 1.29 is 9.53 Å². The number of hydrogen-bond acceptors (Lipinski definition) is 4. The van der Waals surface area contributed by atoms with Crippen LogP contribution in [0.2, 0.25) is 0 Å². The Bertz CT molecular complexity index is 919. The number of nitrogens with zero attached hydrogens (tertiary/aromatic N) is 2. The van der Waals surface area contributed by atoms with Gasteiger partial charge in [0.15, 0.2) is 0 Å². The van der Waals surface area contributed by atoms with Gasteiger partial charge in [0.1, 0.15) is 12.4 Å². The summed E-state index contributed by atoms with van der Waals surface area (Å²) in [6.45, 7) is 0.446. The zero-order valence-corrected chi connectivity index (χ0v) is 13.7. The minimum atomic E-state index is -0.330. The highest BCUT2D eigenvalue weighted by Gasteiger charge is 2.07. The third kappa shape index (κ3) is 4.32. The van der Waals surface area contributed by atoms with Gasteiger partial charge in [0.2, 0.25) is 0 Å². The van der Waals surface area contributed by atoms with Gasteiger partial charge in [-0.15, -0.1) is 0 Å². The number of aryl methyl sites for hydroxylation is 1. The van der Waals surface area contributed by atoms with Gasteiger partial charge in [-0.2, -0.15) is 0 Å². The lowest BCUT2D eigenvalue weighted by Crippen LogP contribution is -2.19. The molecule has 3 aromatic rings. The number of carbonyl (C=O) groups is 1. The summed E-state index contributed by atoms with van der Waals surface area (Å²) in [7, 11) is 1.63. The Morgan fingerprint density at radius 1 is 1.12 bits per heavy atom. The van der Waals surface area contributed by atoms with Crippen LogP contribution in [0.3, 0.4) is 0 Å². The summed E-state index contributed by atoms with van der Waals surface area (Å²) in [6, 6.07) is 13.7. The lowest BCUT2D eigenvalue weighted by atomic mass is 10.2. The molecule has 25 heavy (non-hydrogen) atoms. The smallest absolute Gasteiger partial charge is 0.255 e. The number of benzene rings is 1. The summed E-state index contributed by atoms with van der Waals surface area (Å²) in [5.41, 5.74) is 1.74. The van der Waals surface area contributed by atoms with Crippen LogP contribution in [0.5, 0.6) is 5.75 Å². The van der Waals surface area contributed by atoms with Gasteiger partial charge in [0, 0.05) is 43.0 Å². The largest absolute Gasteiger partial charge is 0.489 e. The van der Waals surface area contributed by atoms with Crippen LogP contribution in [0.4, 0.5) is 5.69 Å². The van der Waals surface area contributed by atoms with Crippen molar-refractivity contribution in [1.29, 1.82) is 0 Å². The van der Waals surface area contributed by atoms with Crippen LogP contribution in [0.25, 0.3) is 0 Å². The fourth-order valence-corrected chi connectivity index (χ4v) is 2.17. The van der Waals surface area contributed by atoms with Gasteiger partial charge in [0.25, 0.3) is 11.5 Å². The molecule has 1 N–H and O–H groups in total. The second kappa shape index (κ2) is 7.44. The molecule has 0 radical (unpaired) electrons. The van der Waals surface area contributed by atoms with E-state index in [2.05, 4.69) is 10.3 Å². The molecule has 0 spiro atoms. The average Bonchev–Trinajstić information content (AvgIpc) is 2.64. The van der Waals surface area contributed by atoms with Crippen molar-refractivity contribution in [3.63, 3.8) is 0 Å². The van der Waals surface area contributed by atoms with Gasteiger partial charge >= 0.3 is 0 Å². The summed E-state index contributed by atoms with van der Waals surface area (Å²) >= 11 is 0. The monoisotopic (exact) mass is 335 g/mol. The van der Waals surface area contributed by atoms with E-state index in [1.165, 1.54) is 10.6 Å². The molecule has 6 nitrogen and oxygen atoms in total. The first-order valence-corrected chi connectivity index (χ1v) is 7.71. The number of carbonyl (C=O) groups excluding carboxylic acids is 1. The highest BCUT2D eigenvalue weighted by Crippen LogP contribution is 2.17. The van der Waals surface area contributed by atoms with Gasteiger partial charge in [-0.25, -0.2) is 0 Å². The minimum absolute atomic E-state index is 0.229. The van der Waals surface area contributed by atoms with Crippen LogP contribution >= 0.6 is 0 Å². The third-order valence-corrected chi connectivity index (χ3v) is 3.63. The number of nitrogens with one attached hydrogen (secondary N) is 1. The molecule has 0 atom stereocenters. The van der Waals surface area contributed by atoms with E-state index in [-0.39, 0.29) is 11.5 Å². The van der Waals surface area contributed by atoms with Gasteiger partial charge in [-0.05, 0) is 48.0 Å². The summed E-state index contributed by atoms with van der Waals surface area (Å²) in [4.78, 5) is 27.7. The number of anilines is 1. The molecule has 2 aromatic heterocycles. The SMILES string of the molecule is Cn1ccc(C(=O)Nc2ccc(OCc3ccncc3)cc2)cc1=O. The Kier molecular flexibility index (Phi) is 4.89. The average molecular weight is 335 g/mol. The number of aromatic nitrogens is 2. The normalized spacial score (nSPS) is 10.3. The first-order chi connectivity index (χ1) is 12.1. The fraction of sp³-hybridized carbons (Fsp3) is 0.105. The molecule has 0 saturated heterocycles. The molecule has 3 rings (SSSR count). The maximum absolute atomic E-state index is 12.2. The van der Waals surface area contributed by atoms with Crippen LogP contribution < -0.4 is 15.6 Å². The molecular formula is C19H17N3O3. The number of amides is 1. The zero-order valence-electron chi connectivity index (χ0n) is 13.7. The minimum Gasteiger partial charge on any atom is -0.489 e. The topological polar surface area (TPSA) is 73.2 Å². The predicted molar refractivity (Wildman–Crippen MR) is 94.6 cm³/mol. The molecular weight excluding hydrogens is 318 g/mol. The maximum atomic E-state index is 12.2. The van der Waals surface area contributed by atoms with E-state index in [0.29, 0.717) is 23.6 Å². The van der Waals surface area contributed by atoms with Crippen LogP contribution in [-0.4, -0.2) is 15.5 Å². The molecule has 2 heterocycles. The highest BCUT2D eigenvalue weighted by molar-refractivity contribution is 6.04. The van der Waals surface area contributed by atoms with Gasteiger partial charge in [-0.1, -0.05) is 0 Å². The van der Waals surface area contributed by atoms with Gasteiger partial charge in [-0.3, -0.25) is 14.6 Å². The van der Waals surface area contributed by atoms with Crippen molar-refractivity contribution in [1.82, 2.24) is 9.55 Å². The Hall–Kier alpha value is -3.41. The first kappa shape index (κ1) is 16.4. The molecule has 6 heteroatoms. The van der Waals surface area contributed by atoms with Gasteiger partial charge < -0.3 is 14.6 Å². The Morgan fingerprint density at radius 2 is 1.84 bits per heavy atom. The van der Waals surface area contributed by atoms with Crippen LogP contribution in [0, 0.1) is 0 Å². The standard InChI is InChI=1S/C19H17N3O3/c1-22-11-8-15(12-18(22)23)19(24)21-16-2-4-17(5-3-16)25-13-14-6-9-20-10-7-14/h2-12H,13H2,1H3,(H,21,24). The molecule has 0 aliphatic heterocycles. The van der Waals surface area contributed by atoms with E-state index in [0.717, 1.165) is 5.56 Å². The molecule has 1 aromatic carbocycles. The van der Waals surface area contributed by atoms with E-state index < -0.39 is 0 Å². The van der Waals surface area contributed by atoms with Gasteiger partial charge in [0.05, 0.1) is 0 Å². The van der Waals surface area contributed by atoms with E-state index in [9.17, 15) is 9.59 Å². The van der Waals surface area contributed by atoms with Crippen LogP contribution in [0.1, 0.15) is 15.9 Å². The molecule has 0 fully saturated rings. The van der Waals surface area contributed by atoms with E-state index in [4.69, 9.17) is 4.74 Å². The first-order valence-electron chi connectivity index (χ1n) is 7.71. The lowest BCUT2D eigenvalue weighted by Gasteiger charge is -2.08. The Balaban J connectivity index is 1.61. The van der Waals surface area contributed by atoms with Crippen molar-refractivity contribution in [3.8, 4) is 5.75 Å². The summed E-state index contributed by atoms with van der Waals surface area (Å²) in [5.74, 6) is 0.367. The molecule has 0 saturated carbocycles.